The van der Waals surface area contributed by atoms with Gasteiger partial charge in [0, 0.05) is 12.6 Å². The first-order valence-corrected chi connectivity index (χ1v) is 14.2. The molecule has 1 N–H and O–H groups in total. The lowest BCUT2D eigenvalue weighted by Gasteiger charge is -2.15. The molecule has 12 heteroatoms. The number of carbonyl (C=O) groups is 2. The van der Waals surface area contributed by atoms with Gasteiger partial charge in [-0.05, 0) is 66.6 Å². The highest BCUT2D eigenvalue weighted by Gasteiger charge is 2.27. The average Bonchev–Trinajstić information content (AvgIpc) is 3.50. The molecule has 1 saturated heterocycles. The van der Waals surface area contributed by atoms with Gasteiger partial charge >= 0.3 is 0 Å². The number of allylic oxidation sites excluding steroid dienone is 1. The Hall–Kier alpha value is -4.58. The van der Waals surface area contributed by atoms with Gasteiger partial charge in [0.15, 0.2) is 17.0 Å². The summed E-state index contributed by atoms with van der Waals surface area (Å²) in [5.41, 5.74) is 3.78. The van der Waals surface area contributed by atoms with E-state index in [2.05, 4.69) is 17.3 Å². The lowest BCUT2D eigenvalue weighted by atomic mass is 10.1. The Morgan fingerprint density at radius 3 is 2.40 bits per heavy atom. The Bertz CT molecular complexity index is 1770. The van der Waals surface area contributed by atoms with Crippen molar-refractivity contribution in [2.24, 2.45) is 7.05 Å². The van der Waals surface area contributed by atoms with Crippen LogP contribution < -0.4 is 25.1 Å². The van der Waals surface area contributed by atoms with Crippen molar-refractivity contribution in [3.8, 4) is 28.6 Å². The second-order valence-electron chi connectivity index (χ2n) is 9.65. The van der Waals surface area contributed by atoms with Crippen molar-refractivity contribution in [1.82, 2.24) is 24.6 Å². The maximum absolute atomic E-state index is 13.9. The van der Waals surface area contributed by atoms with Crippen molar-refractivity contribution in [3.63, 3.8) is 0 Å². The van der Waals surface area contributed by atoms with E-state index in [9.17, 15) is 14.4 Å². The number of nitrogens with zero attached hydrogens (tertiary/aromatic N) is 4. The maximum Gasteiger partial charge on any atom is 0.290 e. The minimum atomic E-state index is -0.389. The SMILES string of the molecule is CCCc1nn(C)c2c(=O)n(CCOc3ccc(/C(C)=C4/SC(=O)NC4=O)cc3)c(-c3ccc(OC)c(OC)c3)nc12. The Morgan fingerprint density at radius 2 is 1.76 bits per heavy atom. The quantitative estimate of drug-likeness (QED) is 0.265. The zero-order chi connectivity index (χ0) is 30.0. The van der Waals surface area contributed by atoms with Gasteiger partial charge in [0.25, 0.3) is 16.7 Å². The highest BCUT2D eigenvalue weighted by Crippen LogP contribution is 2.33. The Balaban J connectivity index is 1.45. The van der Waals surface area contributed by atoms with Gasteiger partial charge in [-0.15, -0.1) is 0 Å². The van der Waals surface area contributed by atoms with Crippen LogP contribution in [0.25, 0.3) is 28.0 Å². The normalized spacial score (nSPS) is 14.3. The van der Waals surface area contributed by atoms with Crippen molar-refractivity contribution >= 4 is 39.5 Å². The van der Waals surface area contributed by atoms with Crippen LogP contribution in [0, 0.1) is 0 Å². The van der Waals surface area contributed by atoms with E-state index < -0.39 is 0 Å². The molecule has 4 aromatic rings. The number of fused-ring (bicyclic) bond motifs is 1. The van der Waals surface area contributed by atoms with Crippen LogP contribution in [-0.4, -0.2) is 51.3 Å². The minimum Gasteiger partial charge on any atom is -0.493 e. The van der Waals surface area contributed by atoms with Crippen molar-refractivity contribution in [3.05, 3.63) is 69.0 Å². The molecule has 0 atom stereocenters. The fourth-order valence-electron chi connectivity index (χ4n) is 4.87. The second-order valence-corrected chi connectivity index (χ2v) is 10.6. The number of ether oxygens (including phenoxy) is 3. The van der Waals surface area contributed by atoms with Crippen LogP contribution in [0.5, 0.6) is 17.2 Å². The summed E-state index contributed by atoms with van der Waals surface area (Å²) in [6.07, 6.45) is 1.57. The minimum absolute atomic E-state index is 0.194. The number of nitrogens with one attached hydrogen (secondary N) is 1. The van der Waals surface area contributed by atoms with E-state index in [1.165, 1.54) is 0 Å². The molecule has 0 aliphatic carbocycles. The molecule has 1 fully saturated rings. The highest BCUT2D eigenvalue weighted by atomic mass is 32.2. The summed E-state index contributed by atoms with van der Waals surface area (Å²) in [5.74, 6) is 1.77. The largest absolute Gasteiger partial charge is 0.493 e. The molecule has 0 radical (unpaired) electrons. The molecule has 0 bridgehead atoms. The van der Waals surface area contributed by atoms with Gasteiger partial charge in [-0.3, -0.25) is 28.9 Å². The van der Waals surface area contributed by atoms with Gasteiger partial charge in [0.05, 0.1) is 31.4 Å². The maximum atomic E-state index is 13.9. The lowest BCUT2D eigenvalue weighted by molar-refractivity contribution is -0.115. The summed E-state index contributed by atoms with van der Waals surface area (Å²) in [4.78, 5) is 42.8. The molecule has 3 heterocycles. The molecule has 1 aliphatic rings. The summed E-state index contributed by atoms with van der Waals surface area (Å²) in [5, 5.41) is 6.48. The molecule has 1 aliphatic heterocycles. The van der Waals surface area contributed by atoms with Gasteiger partial charge in [-0.2, -0.15) is 5.10 Å². The molecular formula is C30H31N5O6S. The van der Waals surface area contributed by atoms with E-state index in [0.717, 1.165) is 29.4 Å². The van der Waals surface area contributed by atoms with E-state index >= 15 is 0 Å². The smallest absolute Gasteiger partial charge is 0.290 e. The zero-order valence-electron chi connectivity index (χ0n) is 24.0. The van der Waals surface area contributed by atoms with Crippen LogP contribution in [0.15, 0.2) is 52.2 Å². The molecule has 0 saturated carbocycles. The Labute approximate surface area is 246 Å². The lowest BCUT2D eigenvalue weighted by Crippen LogP contribution is -2.27. The number of imide groups is 1. The number of amides is 2. The first-order chi connectivity index (χ1) is 20.2. The van der Waals surface area contributed by atoms with Gasteiger partial charge in [-0.25, -0.2) is 4.98 Å². The molecule has 2 aromatic heterocycles. The number of carbonyl (C=O) groups excluding carboxylic acids is 2. The summed E-state index contributed by atoms with van der Waals surface area (Å²) in [6.45, 7) is 4.28. The third-order valence-electron chi connectivity index (χ3n) is 6.97. The molecule has 2 amide bonds. The number of rotatable bonds is 10. The molecule has 11 nitrogen and oxygen atoms in total. The monoisotopic (exact) mass is 589 g/mol. The number of hydrogen-bond donors (Lipinski definition) is 1. The molecule has 0 spiro atoms. The number of aryl methyl sites for hydroxylation is 2. The number of aromatic nitrogens is 4. The number of thioether (sulfide) groups is 1. The number of benzene rings is 2. The van der Waals surface area contributed by atoms with Gasteiger partial charge < -0.3 is 14.2 Å². The van der Waals surface area contributed by atoms with Crippen LogP contribution in [0.4, 0.5) is 4.79 Å². The van der Waals surface area contributed by atoms with E-state index in [4.69, 9.17) is 19.2 Å². The second kappa shape index (κ2) is 12.1. The third kappa shape index (κ3) is 5.49. The molecular weight excluding hydrogens is 558 g/mol. The van der Waals surface area contributed by atoms with E-state index in [-0.39, 0.29) is 29.9 Å². The Kier molecular flexibility index (Phi) is 8.34. The summed E-state index contributed by atoms with van der Waals surface area (Å²) in [7, 11) is 4.88. The van der Waals surface area contributed by atoms with Crippen molar-refractivity contribution in [2.75, 3.05) is 20.8 Å². The van der Waals surface area contributed by atoms with Gasteiger partial charge in [0.1, 0.15) is 23.7 Å². The fourth-order valence-corrected chi connectivity index (χ4v) is 5.62. The molecule has 2 aromatic carbocycles. The molecule has 218 valence electrons. The van der Waals surface area contributed by atoms with E-state index in [1.807, 2.05) is 18.2 Å². The molecule has 42 heavy (non-hydrogen) atoms. The molecule has 0 unspecified atom stereocenters. The van der Waals surface area contributed by atoms with Crippen molar-refractivity contribution in [1.29, 1.82) is 0 Å². The van der Waals surface area contributed by atoms with Crippen LogP contribution in [0.3, 0.4) is 0 Å². The summed E-state index contributed by atoms with van der Waals surface area (Å²) in [6, 6.07) is 12.7. The predicted octanol–water partition coefficient (Wildman–Crippen LogP) is 4.56. The first kappa shape index (κ1) is 28.9. The van der Waals surface area contributed by atoms with Crippen molar-refractivity contribution < 1.29 is 23.8 Å². The van der Waals surface area contributed by atoms with Crippen LogP contribution in [-0.2, 0) is 24.8 Å². The van der Waals surface area contributed by atoms with Crippen LogP contribution in [0.2, 0.25) is 0 Å². The van der Waals surface area contributed by atoms with Crippen LogP contribution >= 0.6 is 11.8 Å². The third-order valence-corrected chi connectivity index (χ3v) is 7.95. The predicted molar refractivity (Wildman–Crippen MR) is 161 cm³/mol. The highest BCUT2D eigenvalue weighted by molar-refractivity contribution is 8.18. The first-order valence-electron chi connectivity index (χ1n) is 13.4. The molecule has 5 rings (SSSR count). The summed E-state index contributed by atoms with van der Waals surface area (Å²) < 4.78 is 20.1. The van der Waals surface area contributed by atoms with E-state index in [0.29, 0.717) is 56.6 Å². The average molecular weight is 590 g/mol. The van der Waals surface area contributed by atoms with Crippen molar-refractivity contribution in [2.45, 2.75) is 33.2 Å². The fraction of sp³-hybridized carbons (Fsp3) is 0.300. The van der Waals surface area contributed by atoms with Crippen LogP contribution in [0.1, 0.15) is 31.5 Å². The Morgan fingerprint density at radius 1 is 1.02 bits per heavy atom. The zero-order valence-corrected chi connectivity index (χ0v) is 24.8. The van der Waals surface area contributed by atoms with Gasteiger partial charge in [-0.1, -0.05) is 25.5 Å². The van der Waals surface area contributed by atoms with Gasteiger partial charge in [0.2, 0.25) is 0 Å². The topological polar surface area (TPSA) is 127 Å². The number of hydrogen-bond acceptors (Lipinski definition) is 9. The standard InChI is InChI=1S/C30H31N5O6S/c1-6-7-21-24-25(34(3)33-21)29(37)35(27(31-24)19-10-13-22(39-4)23(16-19)40-5)14-15-41-20-11-8-18(9-12-20)17(2)26-28(36)32-30(38)42-26/h8-13,16H,6-7,14-15H2,1-5H3,(H,32,36,38)/b26-17+. The number of methoxy groups -OCH3 is 2. The summed E-state index contributed by atoms with van der Waals surface area (Å²) >= 11 is 0.893. The van der Waals surface area contributed by atoms with E-state index in [1.54, 1.807) is 61.7 Å².